The molecule has 0 saturated carbocycles. The summed E-state index contributed by atoms with van der Waals surface area (Å²) < 4.78 is 5.25. The highest BCUT2D eigenvalue weighted by molar-refractivity contribution is 5.93. The van der Waals surface area contributed by atoms with Gasteiger partial charge in [0, 0.05) is 13.1 Å². The fraction of sp³-hybridized carbons (Fsp3) is 0.571. The first-order valence-electron chi connectivity index (χ1n) is 6.53. The second kappa shape index (κ2) is 5.17. The number of nitrogens with two attached hydrogens (primary N) is 1. The van der Waals surface area contributed by atoms with E-state index in [2.05, 4.69) is 25.8 Å². The number of ether oxygens (including phenoxy) is 1. The molecule has 2 heterocycles. The van der Waals surface area contributed by atoms with Crippen LogP contribution in [-0.2, 0) is 10.2 Å². The molecule has 0 aliphatic carbocycles. The summed E-state index contributed by atoms with van der Waals surface area (Å²) in [6.45, 7) is 8.65. The van der Waals surface area contributed by atoms with Crippen LogP contribution in [0, 0.1) is 0 Å². The van der Waals surface area contributed by atoms with Crippen LogP contribution >= 0.6 is 0 Å². The highest BCUT2D eigenvalue weighted by Crippen LogP contribution is 2.24. The number of anilines is 1. The number of carbonyl (C=O) groups is 1. The van der Waals surface area contributed by atoms with Crippen LogP contribution in [0.4, 0.5) is 5.82 Å². The number of hydrogen-bond acceptors (Lipinski definition) is 4. The number of pyridine rings is 1. The number of aromatic nitrogens is 1. The lowest BCUT2D eigenvalue weighted by Crippen LogP contribution is -2.41. The lowest BCUT2D eigenvalue weighted by atomic mass is 9.87. The molecule has 0 unspecified atom stereocenters. The Kier molecular flexibility index (Phi) is 3.75. The number of morpholine rings is 1. The average molecular weight is 263 g/mol. The summed E-state index contributed by atoms with van der Waals surface area (Å²) in [7, 11) is 0. The number of nitrogens with zero attached hydrogens (tertiary/aromatic N) is 2. The van der Waals surface area contributed by atoms with E-state index in [0.29, 0.717) is 37.8 Å². The molecule has 1 aromatic rings. The van der Waals surface area contributed by atoms with Gasteiger partial charge in [-0.2, -0.15) is 0 Å². The SMILES string of the molecule is CC(C)(C)c1cc(N)nc(C(=O)N2CCOCC2)c1. The molecule has 19 heavy (non-hydrogen) atoms. The first-order chi connectivity index (χ1) is 8.88. The second-order valence-corrected chi connectivity index (χ2v) is 5.82. The van der Waals surface area contributed by atoms with E-state index in [0.717, 1.165) is 5.56 Å². The van der Waals surface area contributed by atoms with Crippen LogP contribution < -0.4 is 5.73 Å². The zero-order chi connectivity index (χ0) is 14.0. The predicted octanol–water partition coefficient (Wildman–Crippen LogP) is 1.43. The molecule has 2 rings (SSSR count). The third kappa shape index (κ3) is 3.23. The summed E-state index contributed by atoms with van der Waals surface area (Å²) in [5.74, 6) is 0.324. The third-order valence-electron chi connectivity index (χ3n) is 3.23. The van der Waals surface area contributed by atoms with E-state index in [4.69, 9.17) is 10.5 Å². The van der Waals surface area contributed by atoms with E-state index < -0.39 is 0 Å². The van der Waals surface area contributed by atoms with E-state index in [1.807, 2.05) is 12.1 Å². The quantitative estimate of drug-likeness (QED) is 0.832. The number of amides is 1. The Morgan fingerprint density at radius 3 is 2.53 bits per heavy atom. The van der Waals surface area contributed by atoms with Gasteiger partial charge in [-0.15, -0.1) is 0 Å². The van der Waals surface area contributed by atoms with Crippen LogP contribution in [0.5, 0.6) is 0 Å². The maximum absolute atomic E-state index is 12.4. The minimum absolute atomic E-state index is 0.0584. The lowest BCUT2D eigenvalue weighted by molar-refractivity contribution is 0.0299. The van der Waals surface area contributed by atoms with Gasteiger partial charge < -0.3 is 15.4 Å². The smallest absolute Gasteiger partial charge is 0.272 e. The Balaban J connectivity index is 2.28. The van der Waals surface area contributed by atoms with Gasteiger partial charge in [0.1, 0.15) is 11.5 Å². The molecule has 1 saturated heterocycles. The van der Waals surface area contributed by atoms with Gasteiger partial charge in [-0.3, -0.25) is 4.79 Å². The van der Waals surface area contributed by atoms with Crippen molar-refractivity contribution in [3.05, 3.63) is 23.4 Å². The number of nitrogen functional groups attached to an aromatic ring is 1. The van der Waals surface area contributed by atoms with Gasteiger partial charge in [-0.25, -0.2) is 4.98 Å². The highest BCUT2D eigenvalue weighted by atomic mass is 16.5. The molecule has 2 N–H and O–H groups in total. The zero-order valence-electron chi connectivity index (χ0n) is 11.8. The standard InChI is InChI=1S/C14H21N3O2/c1-14(2,3)10-8-11(16-12(15)9-10)13(18)17-4-6-19-7-5-17/h8-9H,4-7H2,1-3H3,(H2,15,16). The largest absolute Gasteiger partial charge is 0.384 e. The first-order valence-corrected chi connectivity index (χ1v) is 6.53. The molecule has 1 aromatic heterocycles. The van der Waals surface area contributed by atoms with Crippen molar-refractivity contribution in [2.75, 3.05) is 32.0 Å². The Morgan fingerprint density at radius 2 is 1.95 bits per heavy atom. The normalized spacial score (nSPS) is 16.5. The van der Waals surface area contributed by atoms with Gasteiger partial charge in [-0.1, -0.05) is 20.8 Å². The van der Waals surface area contributed by atoms with Gasteiger partial charge in [0.15, 0.2) is 0 Å². The van der Waals surface area contributed by atoms with Crippen molar-refractivity contribution in [3.8, 4) is 0 Å². The maximum Gasteiger partial charge on any atom is 0.272 e. The van der Waals surface area contributed by atoms with Gasteiger partial charge >= 0.3 is 0 Å². The zero-order valence-corrected chi connectivity index (χ0v) is 11.8. The van der Waals surface area contributed by atoms with Crippen molar-refractivity contribution in [1.29, 1.82) is 0 Å². The van der Waals surface area contributed by atoms with Crippen molar-refractivity contribution >= 4 is 11.7 Å². The molecule has 0 radical (unpaired) electrons. The minimum atomic E-state index is -0.0684. The Morgan fingerprint density at radius 1 is 1.32 bits per heavy atom. The molecule has 1 amide bonds. The molecule has 0 bridgehead atoms. The Labute approximate surface area is 113 Å². The van der Waals surface area contributed by atoms with Crippen molar-refractivity contribution < 1.29 is 9.53 Å². The fourth-order valence-corrected chi connectivity index (χ4v) is 2.02. The van der Waals surface area contributed by atoms with Crippen LogP contribution in [0.15, 0.2) is 12.1 Å². The van der Waals surface area contributed by atoms with Crippen molar-refractivity contribution in [2.24, 2.45) is 0 Å². The van der Waals surface area contributed by atoms with Gasteiger partial charge in [0.05, 0.1) is 13.2 Å². The lowest BCUT2D eigenvalue weighted by Gasteiger charge is -2.27. The number of carbonyl (C=O) groups excluding carboxylic acids is 1. The molecule has 0 spiro atoms. The number of hydrogen-bond donors (Lipinski definition) is 1. The van der Waals surface area contributed by atoms with Gasteiger partial charge in [0.25, 0.3) is 5.91 Å². The van der Waals surface area contributed by atoms with Crippen molar-refractivity contribution in [2.45, 2.75) is 26.2 Å². The molecule has 5 heteroatoms. The molecule has 1 aliphatic heterocycles. The van der Waals surface area contributed by atoms with Crippen molar-refractivity contribution in [3.63, 3.8) is 0 Å². The topological polar surface area (TPSA) is 68.5 Å². The monoisotopic (exact) mass is 263 g/mol. The predicted molar refractivity (Wildman–Crippen MR) is 74.1 cm³/mol. The van der Waals surface area contributed by atoms with Gasteiger partial charge in [0.2, 0.25) is 0 Å². The van der Waals surface area contributed by atoms with Crippen LogP contribution in [0.3, 0.4) is 0 Å². The maximum atomic E-state index is 12.4. The Bertz CT molecular complexity index is 474. The summed E-state index contributed by atoms with van der Waals surface area (Å²) in [5.41, 5.74) is 7.21. The summed E-state index contributed by atoms with van der Waals surface area (Å²) in [6, 6.07) is 3.67. The van der Waals surface area contributed by atoms with Crippen LogP contribution in [-0.4, -0.2) is 42.1 Å². The molecule has 5 nitrogen and oxygen atoms in total. The highest BCUT2D eigenvalue weighted by Gasteiger charge is 2.22. The van der Waals surface area contributed by atoms with E-state index in [9.17, 15) is 4.79 Å². The summed E-state index contributed by atoms with van der Waals surface area (Å²) in [5, 5.41) is 0. The summed E-state index contributed by atoms with van der Waals surface area (Å²) in [6.07, 6.45) is 0. The van der Waals surface area contributed by atoms with E-state index >= 15 is 0 Å². The molecule has 0 aromatic carbocycles. The van der Waals surface area contributed by atoms with E-state index in [-0.39, 0.29) is 11.3 Å². The van der Waals surface area contributed by atoms with Crippen LogP contribution in [0.1, 0.15) is 36.8 Å². The molecule has 104 valence electrons. The van der Waals surface area contributed by atoms with Crippen molar-refractivity contribution in [1.82, 2.24) is 9.88 Å². The minimum Gasteiger partial charge on any atom is -0.384 e. The molecule has 0 atom stereocenters. The average Bonchev–Trinajstić information content (AvgIpc) is 2.37. The molecular formula is C14H21N3O2. The van der Waals surface area contributed by atoms with Crippen LogP contribution in [0.2, 0.25) is 0 Å². The first kappa shape index (κ1) is 13.8. The van der Waals surface area contributed by atoms with Gasteiger partial charge in [-0.05, 0) is 23.1 Å². The second-order valence-electron chi connectivity index (χ2n) is 5.82. The van der Waals surface area contributed by atoms with E-state index in [1.54, 1.807) is 4.90 Å². The number of rotatable bonds is 1. The molecule has 1 fully saturated rings. The molecular weight excluding hydrogens is 242 g/mol. The summed E-state index contributed by atoms with van der Waals surface area (Å²) >= 11 is 0. The third-order valence-corrected chi connectivity index (χ3v) is 3.23. The van der Waals surface area contributed by atoms with E-state index in [1.165, 1.54) is 0 Å². The molecule has 1 aliphatic rings. The van der Waals surface area contributed by atoms with Crippen LogP contribution in [0.25, 0.3) is 0 Å². The Hall–Kier alpha value is -1.62. The summed E-state index contributed by atoms with van der Waals surface area (Å²) in [4.78, 5) is 18.3. The fourth-order valence-electron chi connectivity index (χ4n) is 2.02.